The third kappa shape index (κ3) is 3.23. The average molecular weight is 387 g/mol. The molecule has 0 saturated carbocycles. The van der Waals surface area contributed by atoms with Crippen LogP contribution in [0.2, 0.25) is 0 Å². The number of para-hydroxylation sites is 1. The highest BCUT2D eigenvalue weighted by Crippen LogP contribution is 2.31. The number of hydrogen-bond acceptors (Lipinski definition) is 7. The van der Waals surface area contributed by atoms with E-state index in [9.17, 15) is 5.26 Å². The van der Waals surface area contributed by atoms with Crippen molar-refractivity contribution in [2.24, 2.45) is 10.2 Å². The number of benzene rings is 2. The van der Waals surface area contributed by atoms with Gasteiger partial charge in [-0.25, -0.2) is 4.98 Å². The fourth-order valence-corrected chi connectivity index (χ4v) is 3.66. The maximum absolute atomic E-state index is 9.44. The van der Waals surface area contributed by atoms with Crippen molar-refractivity contribution in [1.29, 1.82) is 5.26 Å². The van der Waals surface area contributed by atoms with Gasteiger partial charge in [-0.2, -0.15) is 15.0 Å². The molecule has 8 heteroatoms. The first-order chi connectivity index (χ1) is 13.6. The maximum Gasteiger partial charge on any atom is 0.213 e. The summed E-state index contributed by atoms with van der Waals surface area (Å²) in [4.78, 5) is 6.63. The summed E-state index contributed by atoms with van der Waals surface area (Å²) in [5, 5.41) is 23.1. The van der Waals surface area contributed by atoms with Crippen LogP contribution in [0.1, 0.15) is 11.1 Å². The molecule has 0 unspecified atom stereocenters. The minimum absolute atomic E-state index is 0.352. The quantitative estimate of drug-likeness (QED) is 0.454. The number of anilines is 1. The Morgan fingerprint density at radius 1 is 1.14 bits per heavy atom. The molecule has 0 saturated heterocycles. The summed E-state index contributed by atoms with van der Waals surface area (Å²) in [5.41, 5.74) is 4.07. The number of rotatable bonds is 4. The van der Waals surface area contributed by atoms with Crippen LogP contribution in [0.5, 0.6) is 0 Å². The van der Waals surface area contributed by atoms with Crippen molar-refractivity contribution in [1.82, 2.24) is 14.8 Å². The molecule has 0 amide bonds. The zero-order valence-corrected chi connectivity index (χ0v) is 16.5. The summed E-state index contributed by atoms with van der Waals surface area (Å²) in [6, 6.07) is 15.9. The van der Waals surface area contributed by atoms with E-state index >= 15 is 0 Å². The first-order valence-corrected chi connectivity index (χ1v) is 9.42. The Hall–Kier alpha value is -3.57. The predicted molar refractivity (Wildman–Crippen MR) is 111 cm³/mol. The van der Waals surface area contributed by atoms with Crippen LogP contribution in [0.3, 0.4) is 0 Å². The van der Waals surface area contributed by atoms with Crippen LogP contribution in [0.4, 0.5) is 17.2 Å². The van der Waals surface area contributed by atoms with Crippen molar-refractivity contribution in [3.63, 3.8) is 0 Å². The van der Waals surface area contributed by atoms with Crippen LogP contribution >= 0.6 is 11.3 Å². The summed E-state index contributed by atoms with van der Waals surface area (Å²) < 4.78 is 2.61. The molecule has 2 aromatic heterocycles. The van der Waals surface area contributed by atoms with E-state index in [0.717, 1.165) is 27.2 Å². The van der Waals surface area contributed by atoms with Gasteiger partial charge in [-0.05, 0) is 42.8 Å². The highest BCUT2D eigenvalue weighted by molar-refractivity contribution is 7.20. The van der Waals surface area contributed by atoms with E-state index in [0.29, 0.717) is 16.5 Å². The standard InChI is InChI=1S/C20H17N7S/c1-13-10-15(26(2)3)8-9-16(13)24-25-19-14(11-21)12-22-27(19)20-23-17-6-4-5-7-18(17)28-20/h4-10,12H,1-3H3. The molecule has 138 valence electrons. The van der Waals surface area contributed by atoms with Crippen LogP contribution in [0, 0.1) is 18.3 Å². The Kier molecular flexibility index (Phi) is 4.59. The molecule has 0 spiro atoms. The van der Waals surface area contributed by atoms with Gasteiger partial charge >= 0.3 is 0 Å². The molecule has 0 aliphatic carbocycles. The second-order valence-electron chi connectivity index (χ2n) is 6.43. The normalized spacial score (nSPS) is 11.2. The number of thiazole rings is 1. The van der Waals surface area contributed by atoms with Gasteiger partial charge in [-0.15, -0.1) is 10.2 Å². The Bertz CT molecular complexity index is 1190. The van der Waals surface area contributed by atoms with Gasteiger partial charge in [0.1, 0.15) is 11.6 Å². The molecule has 0 atom stereocenters. The Labute approximate surface area is 166 Å². The molecule has 0 N–H and O–H groups in total. The minimum atomic E-state index is 0.352. The number of aromatic nitrogens is 3. The molecule has 0 aliphatic heterocycles. The number of azo groups is 1. The smallest absolute Gasteiger partial charge is 0.213 e. The lowest BCUT2D eigenvalue weighted by Gasteiger charge is -2.13. The molecule has 0 fully saturated rings. The topological polar surface area (TPSA) is 82.5 Å². The van der Waals surface area contributed by atoms with Gasteiger partial charge in [0.15, 0.2) is 5.82 Å². The number of hydrogen-bond donors (Lipinski definition) is 0. The predicted octanol–water partition coefficient (Wildman–Crippen LogP) is 5.14. The first kappa shape index (κ1) is 17.8. The van der Waals surface area contributed by atoms with Crippen molar-refractivity contribution < 1.29 is 0 Å². The van der Waals surface area contributed by atoms with E-state index in [1.54, 1.807) is 4.68 Å². The lowest BCUT2D eigenvalue weighted by atomic mass is 10.2. The van der Waals surface area contributed by atoms with Crippen molar-refractivity contribution in [3.05, 3.63) is 59.8 Å². The second kappa shape index (κ2) is 7.21. The molecule has 28 heavy (non-hydrogen) atoms. The van der Waals surface area contributed by atoms with Crippen molar-refractivity contribution in [2.45, 2.75) is 6.92 Å². The van der Waals surface area contributed by atoms with E-state index < -0.39 is 0 Å². The molecule has 2 heterocycles. The Balaban J connectivity index is 1.75. The lowest BCUT2D eigenvalue weighted by Crippen LogP contribution is -2.08. The SMILES string of the molecule is Cc1cc(N(C)C)ccc1N=Nc1c(C#N)cnn1-c1nc2ccccc2s1. The summed E-state index contributed by atoms with van der Waals surface area (Å²) in [6.07, 6.45) is 1.49. The zero-order valence-electron chi connectivity index (χ0n) is 15.7. The molecule has 2 aromatic carbocycles. The van der Waals surface area contributed by atoms with Crippen LogP contribution in [0.25, 0.3) is 15.3 Å². The lowest BCUT2D eigenvalue weighted by molar-refractivity contribution is 0.863. The fourth-order valence-electron chi connectivity index (χ4n) is 2.74. The summed E-state index contributed by atoms with van der Waals surface area (Å²) in [5.74, 6) is 0.373. The molecule has 7 nitrogen and oxygen atoms in total. The molecule has 4 aromatic rings. The molecule has 0 aliphatic rings. The molecule has 4 rings (SSSR count). The Morgan fingerprint density at radius 3 is 2.68 bits per heavy atom. The first-order valence-electron chi connectivity index (χ1n) is 8.60. The third-order valence-electron chi connectivity index (χ3n) is 4.28. The highest BCUT2D eigenvalue weighted by Gasteiger charge is 2.15. The van der Waals surface area contributed by atoms with E-state index in [1.807, 2.05) is 68.4 Å². The zero-order chi connectivity index (χ0) is 19.7. The number of fused-ring (bicyclic) bond motifs is 1. The van der Waals surface area contributed by atoms with Gasteiger partial charge in [0, 0.05) is 19.8 Å². The molecule has 0 bridgehead atoms. The van der Waals surface area contributed by atoms with E-state index in [4.69, 9.17) is 0 Å². The number of aryl methyl sites for hydroxylation is 1. The third-order valence-corrected chi connectivity index (χ3v) is 5.29. The summed E-state index contributed by atoms with van der Waals surface area (Å²) in [7, 11) is 3.98. The monoisotopic (exact) mass is 387 g/mol. The van der Waals surface area contributed by atoms with Gasteiger partial charge in [-0.3, -0.25) is 0 Å². The van der Waals surface area contributed by atoms with E-state index in [2.05, 4.69) is 26.4 Å². The number of nitrogens with zero attached hydrogens (tertiary/aromatic N) is 7. The van der Waals surface area contributed by atoms with Gasteiger partial charge < -0.3 is 4.90 Å². The maximum atomic E-state index is 9.44. The summed E-state index contributed by atoms with van der Waals surface area (Å²) in [6.45, 7) is 1.98. The van der Waals surface area contributed by atoms with Crippen LogP contribution in [0.15, 0.2) is 58.9 Å². The van der Waals surface area contributed by atoms with Gasteiger partial charge in [0.25, 0.3) is 0 Å². The van der Waals surface area contributed by atoms with Gasteiger partial charge in [0.05, 0.1) is 22.1 Å². The number of nitriles is 1. The fraction of sp³-hybridized carbons (Fsp3) is 0.150. The average Bonchev–Trinajstić information content (AvgIpc) is 3.30. The van der Waals surface area contributed by atoms with Crippen molar-refractivity contribution in [3.8, 4) is 11.2 Å². The minimum Gasteiger partial charge on any atom is -0.378 e. The van der Waals surface area contributed by atoms with Crippen LogP contribution < -0.4 is 4.90 Å². The van der Waals surface area contributed by atoms with Crippen LogP contribution in [-0.4, -0.2) is 28.9 Å². The molecular weight excluding hydrogens is 370 g/mol. The molecular formula is C20H17N7S. The van der Waals surface area contributed by atoms with E-state index in [-0.39, 0.29) is 0 Å². The van der Waals surface area contributed by atoms with Crippen molar-refractivity contribution in [2.75, 3.05) is 19.0 Å². The highest BCUT2D eigenvalue weighted by atomic mass is 32.1. The summed E-state index contributed by atoms with van der Waals surface area (Å²) >= 11 is 1.49. The van der Waals surface area contributed by atoms with E-state index in [1.165, 1.54) is 17.5 Å². The van der Waals surface area contributed by atoms with Crippen molar-refractivity contribution >= 4 is 38.7 Å². The second-order valence-corrected chi connectivity index (χ2v) is 7.44. The van der Waals surface area contributed by atoms with Gasteiger partial charge in [0.2, 0.25) is 5.13 Å². The Morgan fingerprint density at radius 2 is 1.96 bits per heavy atom. The van der Waals surface area contributed by atoms with Gasteiger partial charge in [-0.1, -0.05) is 23.5 Å². The largest absolute Gasteiger partial charge is 0.378 e. The van der Waals surface area contributed by atoms with Crippen LogP contribution in [-0.2, 0) is 0 Å². The molecule has 0 radical (unpaired) electrons.